The number of aryl methyl sites for hydroxylation is 2. The molecule has 1 fully saturated rings. The van der Waals surface area contributed by atoms with Crippen molar-refractivity contribution in [3.8, 4) is 0 Å². The summed E-state index contributed by atoms with van der Waals surface area (Å²) < 4.78 is 0. The second kappa shape index (κ2) is 6.91. The number of para-hydroxylation sites is 1. The average Bonchev–Trinajstić information content (AvgIpc) is 2.57. The van der Waals surface area contributed by atoms with E-state index in [1.807, 2.05) is 0 Å². The molecule has 0 radical (unpaired) electrons. The fraction of sp³-hybridized carbons (Fsp3) is 0.471. The van der Waals surface area contributed by atoms with Crippen molar-refractivity contribution in [3.63, 3.8) is 0 Å². The minimum atomic E-state index is 0.703. The van der Waals surface area contributed by atoms with E-state index in [2.05, 4.69) is 69.4 Å². The van der Waals surface area contributed by atoms with Gasteiger partial charge in [0.1, 0.15) is 0 Å². The molecule has 1 aromatic carbocycles. The SMILES string of the molecule is CCc1cccc(C)c1Nc1cnnc(N2CCN(C)CC2)n1. The molecule has 0 saturated carbocycles. The molecular formula is C17H24N6. The van der Waals surface area contributed by atoms with Crippen molar-refractivity contribution < 1.29 is 0 Å². The molecule has 23 heavy (non-hydrogen) atoms. The van der Waals surface area contributed by atoms with E-state index in [0.29, 0.717) is 5.95 Å². The first-order valence-corrected chi connectivity index (χ1v) is 8.16. The molecule has 1 N–H and O–H groups in total. The lowest BCUT2D eigenvalue weighted by Crippen LogP contribution is -2.45. The molecule has 2 aromatic rings. The zero-order chi connectivity index (χ0) is 16.2. The second-order valence-electron chi connectivity index (χ2n) is 6.02. The fourth-order valence-electron chi connectivity index (χ4n) is 2.82. The maximum Gasteiger partial charge on any atom is 0.247 e. The van der Waals surface area contributed by atoms with Gasteiger partial charge in [-0.25, -0.2) is 0 Å². The van der Waals surface area contributed by atoms with Crippen LogP contribution in [0.25, 0.3) is 0 Å². The molecular weight excluding hydrogens is 288 g/mol. The highest BCUT2D eigenvalue weighted by molar-refractivity contribution is 5.64. The van der Waals surface area contributed by atoms with Crippen LogP contribution in [0.5, 0.6) is 0 Å². The third-order valence-electron chi connectivity index (χ3n) is 4.33. The highest BCUT2D eigenvalue weighted by Crippen LogP contribution is 2.24. The number of aromatic nitrogens is 3. The maximum atomic E-state index is 4.66. The van der Waals surface area contributed by atoms with Gasteiger partial charge in [-0.1, -0.05) is 25.1 Å². The van der Waals surface area contributed by atoms with Gasteiger partial charge >= 0.3 is 0 Å². The van der Waals surface area contributed by atoms with E-state index in [1.165, 1.54) is 11.1 Å². The number of likely N-dealkylation sites (N-methyl/N-ethyl adjacent to an activating group) is 1. The highest BCUT2D eigenvalue weighted by Gasteiger charge is 2.17. The van der Waals surface area contributed by atoms with Crippen molar-refractivity contribution in [1.29, 1.82) is 0 Å². The van der Waals surface area contributed by atoms with E-state index in [4.69, 9.17) is 0 Å². The smallest absolute Gasteiger partial charge is 0.247 e. The van der Waals surface area contributed by atoms with Crippen LogP contribution in [0, 0.1) is 6.92 Å². The summed E-state index contributed by atoms with van der Waals surface area (Å²) in [5.74, 6) is 1.45. The molecule has 1 aliphatic rings. The number of piperazine rings is 1. The summed E-state index contributed by atoms with van der Waals surface area (Å²) in [5.41, 5.74) is 3.62. The molecule has 0 bridgehead atoms. The Hall–Kier alpha value is -2.21. The standard InChI is InChI=1S/C17H24N6/c1-4-14-7-5-6-13(2)16(14)19-15-12-18-21-17(20-15)23-10-8-22(3)9-11-23/h5-7,12H,4,8-11H2,1-3H3,(H,19,20,21). The minimum absolute atomic E-state index is 0.703. The average molecular weight is 312 g/mol. The molecule has 6 nitrogen and oxygen atoms in total. The molecule has 0 atom stereocenters. The summed E-state index contributed by atoms with van der Waals surface area (Å²) in [6.45, 7) is 8.20. The van der Waals surface area contributed by atoms with Gasteiger partial charge in [0.25, 0.3) is 0 Å². The van der Waals surface area contributed by atoms with Crippen LogP contribution in [0.4, 0.5) is 17.5 Å². The number of nitrogens with zero attached hydrogens (tertiary/aromatic N) is 5. The van der Waals surface area contributed by atoms with Crippen molar-refractivity contribution in [1.82, 2.24) is 20.1 Å². The number of nitrogens with one attached hydrogen (secondary N) is 1. The molecule has 0 aliphatic carbocycles. The molecule has 0 spiro atoms. The van der Waals surface area contributed by atoms with Crippen molar-refractivity contribution in [3.05, 3.63) is 35.5 Å². The Bertz CT molecular complexity index is 664. The quantitative estimate of drug-likeness (QED) is 0.934. The van der Waals surface area contributed by atoms with Crippen LogP contribution in [0.15, 0.2) is 24.4 Å². The molecule has 3 rings (SSSR count). The van der Waals surface area contributed by atoms with E-state index >= 15 is 0 Å². The zero-order valence-corrected chi connectivity index (χ0v) is 14.1. The van der Waals surface area contributed by atoms with Crippen LogP contribution in [-0.2, 0) is 6.42 Å². The summed E-state index contributed by atoms with van der Waals surface area (Å²) in [7, 11) is 2.14. The van der Waals surface area contributed by atoms with E-state index in [1.54, 1.807) is 6.20 Å². The number of anilines is 3. The van der Waals surface area contributed by atoms with Gasteiger partial charge in [-0.3, -0.25) is 0 Å². The molecule has 0 unspecified atom stereocenters. The Morgan fingerprint density at radius 1 is 1.17 bits per heavy atom. The Labute approximate surface area is 137 Å². The summed E-state index contributed by atoms with van der Waals surface area (Å²) in [6.07, 6.45) is 2.67. The van der Waals surface area contributed by atoms with Gasteiger partial charge in [0.05, 0.1) is 6.20 Å². The van der Waals surface area contributed by atoms with E-state index < -0.39 is 0 Å². The topological polar surface area (TPSA) is 57.2 Å². The Kier molecular flexibility index (Phi) is 4.71. The third kappa shape index (κ3) is 3.59. The van der Waals surface area contributed by atoms with Crippen molar-refractivity contribution >= 4 is 17.5 Å². The van der Waals surface area contributed by atoms with Gasteiger partial charge < -0.3 is 15.1 Å². The first-order chi connectivity index (χ1) is 11.2. The van der Waals surface area contributed by atoms with Crippen LogP contribution in [-0.4, -0.2) is 53.3 Å². The molecule has 122 valence electrons. The van der Waals surface area contributed by atoms with Crippen LogP contribution in [0.3, 0.4) is 0 Å². The van der Waals surface area contributed by atoms with E-state index in [9.17, 15) is 0 Å². The second-order valence-corrected chi connectivity index (χ2v) is 6.02. The fourth-order valence-corrected chi connectivity index (χ4v) is 2.82. The lowest BCUT2D eigenvalue weighted by Gasteiger charge is -2.32. The number of hydrogen-bond donors (Lipinski definition) is 1. The molecule has 1 aromatic heterocycles. The predicted molar refractivity (Wildman–Crippen MR) is 93.4 cm³/mol. The number of rotatable bonds is 4. The Balaban J connectivity index is 1.81. The zero-order valence-electron chi connectivity index (χ0n) is 14.1. The van der Waals surface area contributed by atoms with Crippen LogP contribution in [0.2, 0.25) is 0 Å². The van der Waals surface area contributed by atoms with Crippen molar-refractivity contribution in [2.24, 2.45) is 0 Å². The van der Waals surface area contributed by atoms with Gasteiger partial charge in [-0.2, -0.15) is 10.1 Å². The first-order valence-electron chi connectivity index (χ1n) is 8.16. The van der Waals surface area contributed by atoms with E-state index in [-0.39, 0.29) is 0 Å². The molecule has 1 saturated heterocycles. The molecule has 2 heterocycles. The molecule has 6 heteroatoms. The maximum absolute atomic E-state index is 4.66. The third-order valence-corrected chi connectivity index (χ3v) is 4.33. The summed E-state index contributed by atoms with van der Waals surface area (Å²) in [5, 5.41) is 11.8. The van der Waals surface area contributed by atoms with Crippen LogP contribution in [0.1, 0.15) is 18.1 Å². The van der Waals surface area contributed by atoms with Gasteiger partial charge in [-0.05, 0) is 31.5 Å². The molecule has 0 amide bonds. The van der Waals surface area contributed by atoms with Crippen LogP contribution < -0.4 is 10.2 Å². The van der Waals surface area contributed by atoms with Crippen molar-refractivity contribution in [2.75, 3.05) is 43.4 Å². The van der Waals surface area contributed by atoms with Gasteiger partial charge in [0.15, 0.2) is 5.82 Å². The minimum Gasteiger partial charge on any atom is -0.338 e. The highest BCUT2D eigenvalue weighted by atomic mass is 15.4. The number of benzene rings is 1. The lowest BCUT2D eigenvalue weighted by atomic mass is 10.1. The normalized spacial score (nSPS) is 15.7. The summed E-state index contributed by atoms with van der Waals surface area (Å²) in [6, 6.07) is 6.34. The van der Waals surface area contributed by atoms with Gasteiger partial charge in [0.2, 0.25) is 5.95 Å². The molecule has 1 aliphatic heterocycles. The van der Waals surface area contributed by atoms with Crippen molar-refractivity contribution in [2.45, 2.75) is 20.3 Å². The largest absolute Gasteiger partial charge is 0.338 e. The van der Waals surface area contributed by atoms with E-state index in [0.717, 1.165) is 44.1 Å². The van der Waals surface area contributed by atoms with Crippen LogP contribution >= 0.6 is 0 Å². The lowest BCUT2D eigenvalue weighted by molar-refractivity contribution is 0.311. The first kappa shape index (κ1) is 15.7. The Morgan fingerprint density at radius 2 is 1.96 bits per heavy atom. The monoisotopic (exact) mass is 312 g/mol. The number of hydrogen-bond acceptors (Lipinski definition) is 6. The summed E-state index contributed by atoms with van der Waals surface area (Å²) >= 11 is 0. The summed E-state index contributed by atoms with van der Waals surface area (Å²) in [4.78, 5) is 9.16. The van der Waals surface area contributed by atoms with Gasteiger partial charge in [0, 0.05) is 31.9 Å². The van der Waals surface area contributed by atoms with Gasteiger partial charge in [-0.15, -0.1) is 5.10 Å². The predicted octanol–water partition coefficient (Wildman–Crippen LogP) is 2.24. The Morgan fingerprint density at radius 3 is 2.70 bits per heavy atom.